The average Bonchev–Trinajstić information content (AvgIpc) is 2.61. The van der Waals surface area contributed by atoms with Crippen LogP contribution in [0.5, 0.6) is 0 Å². The summed E-state index contributed by atoms with van der Waals surface area (Å²) in [6, 6.07) is 18.1. The van der Waals surface area contributed by atoms with Crippen molar-refractivity contribution in [2.75, 3.05) is 19.8 Å². The normalized spacial score (nSPS) is 10.5. The SMILES string of the molecule is CCOCCCNC(=O)c1ccc(CSc2ccccc2)cc1. The summed E-state index contributed by atoms with van der Waals surface area (Å²) < 4.78 is 5.25. The summed E-state index contributed by atoms with van der Waals surface area (Å²) in [5, 5.41) is 2.91. The molecule has 0 atom stereocenters. The highest BCUT2D eigenvalue weighted by Gasteiger charge is 2.04. The Hall–Kier alpha value is -1.78. The number of rotatable bonds is 9. The summed E-state index contributed by atoms with van der Waals surface area (Å²) in [6.07, 6.45) is 0.839. The van der Waals surface area contributed by atoms with Crippen molar-refractivity contribution in [1.29, 1.82) is 0 Å². The van der Waals surface area contributed by atoms with E-state index in [0.29, 0.717) is 18.7 Å². The molecular formula is C19H23NO2S. The van der Waals surface area contributed by atoms with Crippen molar-refractivity contribution in [2.24, 2.45) is 0 Å². The first-order valence-corrected chi connectivity index (χ1v) is 8.91. The van der Waals surface area contributed by atoms with E-state index in [-0.39, 0.29) is 5.91 Å². The summed E-state index contributed by atoms with van der Waals surface area (Å²) >= 11 is 1.79. The Labute approximate surface area is 142 Å². The lowest BCUT2D eigenvalue weighted by atomic mass is 10.1. The number of benzene rings is 2. The minimum Gasteiger partial charge on any atom is -0.382 e. The zero-order valence-corrected chi connectivity index (χ0v) is 14.3. The van der Waals surface area contributed by atoms with E-state index in [4.69, 9.17) is 4.74 Å². The Morgan fingerprint density at radius 3 is 2.52 bits per heavy atom. The third-order valence-electron chi connectivity index (χ3n) is 3.32. The Morgan fingerprint density at radius 2 is 1.83 bits per heavy atom. The van der Waals surface area contributed by atoms with E-state index in [0.717, 1.165) is 18.8 Å². The molecule has 0 heterocycles. The molecule has 3 nitrogen and oxygen atoms in total. The van der Waals surface area contributed by atoms with Gasteiger partial charge in [0, 0.05) is 36.0 Å². The van der Waals surface area contributed by atoms with Crippen molar-refractivity contribution in [3.63, 3.8) is 0 Å². The Bertz CT molecular complexity index is 584. The molecule has 2 aromatic rings. The lowest BCUT2D eigenvalue weighted by Crippen LogP contribution is -2.25. The van der Waals surface area contributed by atoms with Crippen molar-refractivity contribution in [3.8, 4) is 0 Å². The highest BCUT2D eigenvalue weighted by molar-refractivity contribution is 7.98. The predicted octanol–water partition coefficient (Wildman–Crippen LogP) is 4.14. The number of hydrogen-bond acceptors (Lipinski definition) is 3. The standard InChI is InChI=1S/C19H23NO2S/c1-2-22-14-6-13-20-19(21)17-11-9-16(10-12-17)15-23-18-7-4-3-5-8-18/h3-5,7-12H,2,6,13-15H2,1H3,(H,20,21). The van der Waals surface area contributed by atoms with Crippen molar-refractivity contribution >= 4 is 17.7 Å². The number of carbonyl (C=O) groups is 1. The van der Waals surface area contributed by atoms with E-state index >= 15 is 0 Å². The van der Waals surface area contributed by atoms with Crippen LogP contribution in [0.15, 0.2) is 59.5 Å². The van der Waals surface area contributed by atoms with Gasteiger partial charge in [-0.1, -0.05) is 30.3 Å². The van der Waals surface area contributed by atoms with Gasteiger partial charge < -0.3 is 10.1 Å². The van der Waals surface area contributed by atoms with Gasteiger partial charge in [-0.25, -0.2) is 0 Å². The number of carbonyl (C=O) groups excluding carboxylic acids is 1. The molecule has 0 saturated carbocycles. The molecule has 0 fully saturated rings. The van der Waals surface area contributed by atoms with Gasteiger partial charge >= 0.3 is 0 Å². The highest BCUT2D eigenvalue weighted by atomic mass is 32.2. The number of thioether (sulfide) groups is 1. The molecule has 0 saturated heterocycles. The van der Waals surface area contributed by atoms with Gasteiger partial charge in [-0.3, -0.25) is 4.79 Å². The van der Waals surface area contributed by atoms with Crippen LogP contribution in [-0.2, 0) is 10.5 Å². The second-order valence-electron chi connectivity index (χ2n) is 5.11. The smallest absolute Gasteiger partial charge is 0.251 e. The van der Waals surface area contributed by atoms with Gasteiger partial charge in [0.1, 0.15) is 0 Å². The Morgan fingerprint density at radius 1 is 1.09 bits per heavy atom. The van der Waals surface area contributed by atoms with Crippen molar-refractivity contribution in [1.82, 2.24) is 5.32 Å². The molecule has 1 amide bonds. The van der Waals surface area contributed by atoms with Crippen LogP contribution in [-0.4, -0.2) is 25.7 Å². The van der Waals surface area contributed by atoms with E-state index < -0.39 is 0 Å². The molecule has 0 aliphatic heterocycles. The van der Waals surface area contributed by atoms with Crippen LogP contribution in [0.4, 0.5) is 0 Å². The summed E-state index contributed by atoms with van der Waals surface area (Å²) in [5.41, 5.74) is 1.92. The molecule has 0 aliphatic carbocycles. The lowest BCUT2D eigenvalue weighted by molar-refractivity contribution is 0.0944. The fourth-order valence-corrected chi connectivity index (χ4v) is 2.93. The number of nitrogens with one attached hydrogen (secondary N) is 1. The second-order valence-corrected chi connectivity index (χ2v) is 6.15. The van der Waals surface area contributed by atoms with Crippen molar-refractivity contribution < 1.29 is 9.53 Å². The summed E-state index contributed by atoms with van der Waals surface area (Å²) in [5.74, 6) is 0.879. The molecule has 4 heteroatoms. The van der Waals surface area contributed by atoms with Crippen LogP contribution < -0.4 is 5.32 Å². The summed E-state index contributed by atoms with van der Waals surface area (Å²) in [7, 11) is 0. The van der Waals surface area contributed by atoms with E-state index in [1.165, 1.54) is 10.5 Å². The Balaban J connectivity index is 1.76. The second kappa shape index (κ2) is 10.1. The zero-order chi connectivity index (χ0) is 16.3. The third-order valence-corrected chi connectivity index (χ3v) is 4.40. The first-order chi connectivity index (χ1) is 11.3. The molecule has 0 bridgehead atoms. The maximum absolute atomic E-state index is 12.0. The van der Waals surface area contributed by atoms with Gasteiger partial charge in [0.25, 0.3) is 5.91 Å². The van der Waals surface area contributed by atoms with Gasteiger partial charge in [-0.2, -0.15) is 0 Å². The van der Waals surface area contributed by atoms with Gasteiger partial charge in [0.15, 0.2) is 0 Å². The number of hydrogen-bond donors (Lipinski definition) is 1. The molecule has 122 valence electrons. The van der Waals surface area contributed by atoms with Crippen molar-refractivity contribution in [3.05, 3.63) is 65.7 Å². The molecule has 2 aromatic carbocycles. The highest BCUT2D eigenvalue weighted by Crippen LogP contribution is 2.22. The molecule has 0 aliphatic rings. The number of amides is 1. The van der Waals surface area contributed by atoms with Crippen LogP contribution >= 0.6 is 11.8 Å². The monoisotopic (exact) mass is 329 g/mol. The average molecular weight is 329 g/mol. The van der Waals surface area contributed by atoms with Gasteiger partial charge in [0.05, 0.1) is 0 Å². The largest absolute Gasteiger partial charge is 0.382 e. The minimum absolute atomic E-state index is 0.0243. The van der Waals surface area contributed by atoms with E-state index in [1.807, 2.05) is 49.4 Å². The summed E-state index contributed by atoms with van der Waals surface area (Å²) in [4.78, 5) is 13.3. The third kappa shape index (κ3) is 6.47. The Kier molecular flexibility index (Phi) is 7.70. The molecule has 0 spiro atoms. The molecular weight excluding hydrogens is 306 g/mol. The quantitative estimate of drug-likeness (QED) is 0.555. The van der Waals surface area contributed by atoms with Gasteiger partial charge in [-0.05, 0) is 43.2 Å². The van der Waals surface area contributed by atoms with Crippen LogP contribution in [0.3, 0.4) is 0 Å². The first kappa shape index (κ1) is 17.6. The zero-order valence-electron chi connectivity index (χ0n) is 13.5. The van der Waals surface area contributed by atoms with Gasteiger partial charge in [0.2, 0.25) is 0 Å². The predicted molar refractivity (Wildman–Crippen MR) is 95.9 cm³/mol. The lowest BCUT2D eigenvalue weighted by Gasteiger charge is -2.07. The molecule has 0 aromatic heterocycles. The molecule has 23 heavy (non-hydrogen) atoms. The molecule has 0 unspecified atom stereocenters. The maximum atomic E-state index is 12.0. The summed E-state index contributed by atoms with van der Waals surface area (Å²) in [6.45, 7) is 4.02. The van der Waals surface area contributed by atoms with Crippen LogP contribution in [0, 0.1) is 0 Å². The van der Waals surface area contributed by atoms with E-state index in [1.54, 1.807) is 11.8 Å². The fraction of sp³-hybridized carbons (Fsp3) is 0.316. The minimum atomic E-state index is -0.0243. The maximum Gasteiger partial charge on any atom is 0.251 e. The molecule has 2 rings (SSSR count). The van der Waals surface area contributed by atoms with Crippen LogP contribution in [0.25, 0.3) is 0 Å². The van der Waals surface area contributed by atoms with E-state index in [9.17, 15) is 4.79 Å². The van der Waals surface area contributed by atoms with Crippen molar-refractivity contribution in [2.45, 2.75) is 24.0 Å². The first-order valence-electron chi connectivity index (χ1n) is 7.92. The molecule has 1 N–H and O–H groups in total. The van der Waals surface area contributed by atoms with Crippen LogP contribution in [0.1, 0.15) is 29.3 Å². The van der Waals surface area contributed by atoms with E-state index in [2.05, 4.69) is 17.4 Å². The fourth-order valence-electron chi connectivity index (χ4n) is 2.06. The van der Waals surface area contributed by atoms with Gasteiger partial charge in [-0.15, -0.1) is 11.8 Å². The van der Waals surface area contributed by atoms with Crippen LogP contribution in [0.2, 0.25) is 0 Å². The number of ether oxygens (including phenoxy) is 1. The topological polar surface area (TPSA) is 38.3 Å². The molecule has 0 radical (unpaired) electrons.